The van der Waals surface area contributed by atoms with Crippen molar-refractivity contribution in [3.05, 3.63) is 34.3 Å². The number of aromatic nitrogens is 1. The Bertz CT molecular complexity index is 758. The fraction of sp³-hybridized carbons (Fsp3) is 0.312. The lowest BCUT2D eigenvalue weighted by molar-refractivity contribution is -0.119. The molecule has 1 aromatic carbocycles. The number of nitrogen functional groups attached to an aromatic ring is 1. The van der Waals surface area contributed by atoms with E-state index in [1.54, 1.807) is 12.1 Å². The van der Waals surface area contributed by atoms with Crippen molar-refractivity contribution in [3.63, 3.8) is 0 Å². The van der Waals surface area contributed by atoms with E-state index >= 15 is 0 Å². The van der Waals surface area contributed by atoms with E-state index < -0.39 is 18.5 Å². The highest BCUT2D eigenvalue weighted by molar-refractivity contribution is 7.17. The van der Waals surface area contributed by atoms with Crippen molar-refractivity contribution in [2.24, 2.45) is 0 Å². The van der Waals surface area contributed by atoms with Crippen LogP contribution >= 0.6 is 11.3 Å². The normalized spacial score (nSPS) is 10.3. The molecule has 0 bridgehead atoms. The third kappa shape index (κ3) is 4.23. The first kappa shape index (κ1) is 17.7. The zero-order valence-corrected chi connectivity index (χ0v) is 14.5. The number of esters is 1. The van der Waals surface area contributed by atoms with Gasteiger partial charge in [-0.15, -0.1) is 0 Å². The predicted molar refractivity (Wildman–Crippen MR) is 92.5 cm³/mol. The molecule has 128 valence electrons. The molecule has 1 amide bonds. The highest BCUT2D eigenvalue weighted by atomic mass is 32.1. The molecule has 7 nitrogen and oxygen atoms in total. The summed E-state index contributed by atoms with van der Waals surface area (Å²) >= 11 is 1.05. The number of benzene rings is 1. The summed E-state index contributed by atoms with van der Waals surface area (Å²) in [5.74, 6) is -0.529. The summed E-state index contributed by atoms with van der Waals surface area (Å²) < 4.78 is 10.2. The monoisotopic (exact) mass is 349 g/mol. The minimum atomic E-state index is -0.604. The Kier molecular flexibility index (Phi) is 5.75. The molecule has 0 saturated heterocycles. The summed E-state index contributed by atoms with van der Waals surface area (Å²) in [4.78, 5) is 28.5. The van der Waals surface area contributed by atoms with Crippen molar-refractivity contribution in [1.82, 2.24) is 4.98 Å². The minimum Gasteiger partial charge on any atom is -0.495 e. The molecule has 0 saturated carbocycles. The van der Waals surface area contributed by atoms with Gasteiger partial charge in [-0.3, -0.25) is 4.79 Å². The molecule has 2 rings (SSSR count). The largest absolute Gasteiger partial charge is 0.495 e. The van der Waals surface area contributed by atoms with Gasteiger partial charge in [-0.1, -0.05) is 24.3 Å². The Morgan fingerprint density at radius 2 is 2.12 bits per heavy atom. The molecule has 0 unspecified atom stereocenters. The number of nitrogens with two attached hydrogens (primary N) is 1. The highest BCUT2D eigenvalue weighted by Gasteiger charge is 2.19. The molecule has 0 atom stereocenters. The minimum absolute atomic E-state index is 0.299. The van der Waals surface area contributed by atoms with Crippen molar-refractivity contribution < 1.29 is 19.1 Å². The van der Waals surface area contributed by atoms with Gasteiger partial charge >= 0.3 is 5.97 Å². The molecule has 0 spiro atoms. The first-order chi connectivity index (χ1) is 11.4. The first-order valence-electron chi connectivity index (χ1n) is 7.31. The Hall–Kier alpha value is -2.61. The van der Waals surface area contributed by atoms with Crippen LogP contribution in [0.15, 0.2) is 18.2 Å². The topological polar surface area (TPSA) is 104 Å². The molecule has 0 radical (unpaired) electrons. The highest BCUT2D eigenvalue weighted by Crippen LogP contribution is 2.25. The molecule has 2 aromatic rings. The van der Waals surface area contributed by atoms with Gasteiger partial charge in [0, 0.05) is 0 Å². The molecule has 8 heteroatoms. The Morgan fingerprint density at radius 1 is 1.38 bits per heavy atom. The van der Waals surface area contributed by atoms with Crippen LogP contribution in [0.2, 0.25) is 0 Å². The van der Waals surface area contributed by atoms with Gasteiger partial charge in [0.05, 0.1) is 18.5 Å². The van der Waals surface area contributed by atoms with E-state index in [1.165, 1.54) is 7.11 Å². The lowest BCUT2D eigenvalue weighted by Crippen LogP contribution is -2.21. The number of methoxy groups -OCH3 is 1. The maximum Gasteiger partial charge on any atom is 0.350 e. The maximum absolute atomic E-state index is 12.1. The summed E-state index contributed by atoms with van der Waals surface area (Å²) in [7, 11) is 1.51. The van der Waals surface area contributed by atoms with Crippen LogP contribution in [-0.4, -0.2) is 30.6 Å². The Labute approximate surface area is 143 Å². The van der Waals surface area contributed by atoms with E-state index in [1.807, 2.05) is 19.9 Å². The number of amides is 1. The van der Waals surface area contributed by atoms with Gasteiger partial charge in [-0.2, -0.15) is 0 Å². The van der Waals surface area contributed by atoms with Gasteiger partial charge in [0.25, 0.3) is 5.91 Å². The number of aryl methyl sites for hydroxylation is 2. The summed E-state index contributed by atoms with van der Waals surface area (Å²) in [6, 6.07) is 5.40. The molecule has 0 aliphatic rings. The van der Waals surface area contributed by atoms with Crippen LogP contribution in [0.1, 0.15) is 27.9 Å². The molecule has 0 aliphatic carbocycles. The van der Waals surface area contributed by atoms with Crippen molar-refractivity contribution in [2.45, 2.75) is 20.3 Å². The number of rotatable bonds is 6. The number of nitrogens with zero attached hydrogens (tertiary/aromatic N) is 1. The van der Waals surface area contributed by atoms with Crippen molar-refractivity contribution in [2.75, 3.05) is 24.8 Å². The van der Waals surface area contributed by atoms with Crippen LogP contribution in [0, 0.1) is 6.92 Å². The lowest BCUT2D eigenvalue weighted by atomic mass is 10.2. The molecular weight excluding hydrogens is 330 g/mol. The number of nitrogens with one attached hydrogen (secondary N) is 1. The van der Waals surface area contributed by atoms with Gasteiger partial charge < -0.3 is 20.5 Å². The van der Waals surface area contributed by atoms with E-state index in [2.05, 4.69) is 10.3 Å². The smallest absolute Gasteiger partial charge is 0.350 e. The number of anilines is 2. The third-order valence-electron chi connectivity index (χ3n) is 3.20. The maximum atomic E-state index is 12.1. The average Bonchev–Trinajstić information content (AvgIpc) is 2.94. The quantitative estimate of drug-likeness (QED) is 0.776. The van der Waals surface area contributed by atoms with Crippen molar-refractivity contribution >= 4 is 34.0 Å². The Morgan fingerprint density at radius 3 is 2.79 bits per heavy atom. The number of hydrogen-bond donors (Lipinski definition) is 2. The van der Waals surface area contributed by atoms with Crippen LogP contribution in [-0.2, 0) is 16.0 Å². The second kappa shape index (κ2) is 7.78. The molecule has 1 aromatic heterocycles. The third-order valence-corrected chi connectivity index (χ3v) is 4.10. The van der Waals surface area contributed by atoms with Gasteiger partial charge in [0.15, 0.2) is 11.7 Å². The number of thiazole rings is 1. The molecular formula is C16H19N3O4S. The average molecular weight is 349 g/mol. The zero-order valence-electron chi connectivity index (χ0n) is 13.7. The molecule has 24 heavy (non-hydrogen) atoms. The fourth-order valence-electron chi connectivity index (χ4n) is 2.07. The fourth-order valence-corrected chi connectivity index (χ4v) is 2.89. The van der Waals surface area contributed by atoms with Crippen LogP contribution < -0.4 is 15.8 Å². The van der Waals surface area contributed by atoms with Crippen LogP contribution in [0.25, 0.3) is 0 Å². The second-order valence-corrected chi connectivity index (χ2v) is 6.04. The molecule has 3 N–H and O–H groups in total. The number of hydrogen-bond acceptors (Lipinski definition) is 7. The van der Waals surface area contributed by atoms with Gasteiger partial charge in [-0.25, -0.2) is 9.78 Å². The predicted octanol–water partition coefficient (Wildman–Crippen LogP) is 2.40. The SMILES string of the molecule is CCc1nc(N)sc1C(=O)OCC(=O)Nc1cc(C)ccc1OC. The van der Waals surface area contributed by atoms with Gasteiger partial charge in [0.2, 0.25) is 0 Å². The van der Waals surface area contributed by atoms with Crippen molar-refractivity contribution in [3.8, 4) is 5.75 Å². The standard InChI is InChI=1S/C16H19N3O4S/c1-4-10-14(24-16(17)19-10)15(21)23-8-13(20)18-11-7-9(2)5-6-12(11)22-3/h5-7H,4,8H2,1-3H3,(H2,17,19)(H,18,20). The van der Waals surface area contributed by atoms with Crippen molar-refractivity contribution in [1.29, 1.82) is 0 Å². The van der Waals surface area contributed by atoms with E-state index in [0.717, 1.165) is 16.9 Å². The van der Waals surface area contributed by atoms with Crippen LogP contribution in [0.4, 0.5) is 10.8 Å². The van der Waals surface area contributed by atoms with Gasteiger partial charge in [0.1, 0.15) is 10.6 Å². The summed E-state index contributed by atoms with van der Waals surface area (Å²) in [6.07, 6.45) is 0.560. The Balaban J connectivity index is 1.98. The van der Waals surface area contributed by atoms with E-state index in [9.17, 15) is 9.59 Å². The number of carbonyl (C=O) groups excluding carboxylic acids is 2. The second-order valence-electron chi connectivity index (χ2n) is 5.01. The van der Waals surface area contributed by atoms with E-state index in [4.69, 9.17) is 15.2 Å². The first-order valence-corrected chi connectivity index (χ1v) is 8.13. The summed E-state index contributed by atoms with van der Waals surface area (Å²) in [5.41, 5.74) is 7.67. The van der Waals surface area contributed by atoms with Gasteiger partial charge in [-0.05, 0) is 31.0 Å². The molecule has 0 aliphatic heterocycles. The van der Waals surface area contributed by atoms with Crippen LogP contribution in [0.5, 0.6) is 5.75 Å². The number of ether oxygens (including phenoxy) is 2. The lowest BCUT2D eigenvalue weighted by Gasteiger charge is -2.11. The van der Waals surface area contributed by atoms with Crippen LogP contribution in [0.3, 0.4) is 0 Å². The summed E-state index contributed by atoms with van der Waals surface area (Å²) in [6.45, 7) is 3.36. The van der Waals surface area contributed by atoms with E-state index in [-0.39, 0.29) is 0 Å². The number of carbonyl (C=O) groups is 2. The molecule has 1 heterocycles. The summed E-state index contributed by atoms with van der Waals surface area (Å²) in [5, 5.41) is 2.96. The molecule has 0 fully saturated rings. The zero-order chi connectivity index (χ0) is 17.7. The van der Waals surface area contributed by atoms with E-state index in [0.29, 0.717) is 33.6 Å².